The predicted octanol–water partition coefficient (Wildman–Crippen LogP) is -2.89. The molecular weight excluding hydrogens is 700 g/mol. The molecule has 15 atom stereocenters. The molecule has 19 nitrogen and oxygen atoms in total. The summed E-state index contributed by atoms with van der Waals surface area (Å²) in [5.74, 6) is -2.01. The maximum atomic E-state index is 14.0. The largest absolute Gasteiger partial charge is 0.508 e. The minimum Gasteiger partial charge on any atom is -0.508 e. The Bertz CT molecular complexity index is 1770. The standard InChI is InChI=1S/C33H40O19/c1-10-19(36)23(40)26(43)31(47-10)46-9-17-21(38)25(42)28(45)33(51-17)52-30-22(39)18-15(35)7-14(49-32-27(44)24(41)20(37)11(2)48-32)8-16(18)50-29(30)12-3-5-13(34)6-4-12/h3-8,10-11,17,19-21,23-28,31-38,40-45H,9H2,1-2H3/t10-,11+,17-,19-,20+,21+,23-,24+,25-,26-,27+,28-,31-,32-,33+/m1/s1. The van der Waals surface area contributed by atoms with Gasteiger partial charge in [0.25, 0.3) is 0 Å². The summed E-state index contributed by atoms with van der Waals surface area (Å²) in [5.41, 5.74) is -1.16. The van der Waals surface area contributed by atoms with Crippen molar-refractivity contribution in [3.63, 3.8) is 0 Å². The lowest BCUT2D eigenvalue weighted by molar-refractivity contribution is -0.318. The number of phenolic OH excluding ortho intramolecular Hbond substituents is 2. The zero-order valence-corrected chi connectivity index (χ0v) is 27.5. The molecule has 6 rings (SSSR count). The normalized spacial score (nSPS) is 38.2. The van der Waals surface area contributed by atoms with Gasteiger partial charge >= 0.3 is 0 Å². The van der Waals surface area contributed by atoms with Gasteiger partial charge in [-0.05, 0) is 38.1 Å². The number of hydrogen-bond donors (Lipinski definition) is 11. The Morgan fingerprint density at radius 3 is 1.79 bits per heavy atom. The predicted molar refractivity (Wildman–Crippen MR) is 170 cm³/mol. The highest BCUT2D eigenvalue weighted by atomic mass is 16.7. The molecule has 3 aliphatic rings. The maximum absolute atomic E-state index is 14.0. The maximum Gasteiger partial charge on any atom is 0.239 e. The van der Waals surface area contributed by atoms with Crippen molar-refractivity contribution in [2.24, 2.45) is 0 Å². The third-order valence-electron chi connectivity index (χ3n) is 9.23. The summed E-state index contributed by atoms with van der Waals surface area (Å²) >= 11 is 0. The minimum atomic E-state index is -1.98. The molecule has 3 aromatic rings. The van der Waals surface area contributed by atoms with Crippen LogP contribution >= 0.6 is 0 Å². The average Bonchev–Trinajstić information content (AvgIpc) is 3.11. The fourth-order valence-corrected chi connectivity index (χ4v) is 6.09. The fraction of sp³-hybridized carbons (Fsp3) is 0.545. The van der Waals surface area contributed by atoms with E-state index in [1.807, 2.05) is 0 Å². The van der Waals surface area contributed by atoms with Crippen LogP contribution in [0.25, 0.3) is 22.3 Å². The van der Waals surface area contributed by atoms with Gasteiger partial charge < -0.3 is 89.0 Å². The molecule has 52 heavy (non-hydrogen) atoms. The van der Waals surface area contributed by atoms with E-state index in [1.165, 1.54) is 44.2 Å². The number of hydrogen-bond acceptors (Lipinski definition) is 19. The number of aromatic hydroxyl groups is 2. The zero-order chi connectivity index (χ0) is 37.8. The van der Waals surface area contributed by atoms with Crippen molar-refractivity contribution in [2.75, 3.05) is 6.61 Å². The monoisotopic (exact) mass is 740 g/mol. The highest BCUT2D eigenvalue weighted by molar-refractivity contribution is 5.88. The second-order valence-corrected chi connectivity index (χ2v) is 12.9. The van der Waals surface area contributed by atoms with Crippen molar-refractivity contribution < 1.29 is 89.0 Å². The molecule has 0 spiro atoms. The van der Waals surface area contributed by atoms with Crippen molar-refractivity contribution in [1.82, 2.24) is 0 Å². The minimum absolute atomic E-state index is 0.138. The Hall–Kier alpha value is -3.67. The van der Waals surface area contributed by atoms with Crippen LogP contribution in [0.1, 0.15) is 13.8 Å². The molecule has 19 heteroatoms. The number of fused-ring (bicyclic) bond motifs is 1. The van der Waals surface area contributed by atoms with Crippen molar-refractivity contribution >= 4 is 11.0 Å². The highest BCUT2D eigenvalue weighted by Crippen LogP contribution is 2.38. The highest BCUT2D eigenvalue weighted by Gasteiger charge is 2.48. The summed E-state index contributed by atoms with van der Waals surface area (Å²) in [6.45, 7) is 2.25. The second-order valence-electron chi connectivity index (χ2n) is 12.9. The zero-order valence-electron chi connectivity index (χ0n) is 27.5. The van der Waals surface area contributed by atoms with Crippen molar-refractivity contribution in [3.05, 3.63) is 46.6 Å². The van der Waals surface area contributed by atoms with Crippen LogP contribution in [-0.2, 0) is 18.9 Å². The molecular formula is C33H40O19. The lowest BCUT2D eigenvalue weighted by atomic mass is 9.98. The van der Waals surface area contributed by atoms with Crippen LogP contribution in [-0.4, -0.2) is 155 Å². The van der Waals surface area contributed by atoms with Gasteiger partial charge in [-0.3, -0.25) is 4.79 Å². The Labute approximate surface area is 293 Å². The average molecular weight is 741 g/mol. The smallest absolute Gasteiger partial charge is 0.239 e. The van der Waals surface area contributed by atoms with Gasteiger partial charge in [-0.15, -0.1) is 0 Å². The third-order valence-corrected chi connectivity index (χ3v) is 9.23. The third kappa shape index (κ3) is 7.16. The summed E-state index contributed by atoms with van der Waals surface area (Å²) in [6.07, 6.45) is -23.5. The molecule has 2 aromatic carbocycles. The lowest BCUT2D eigenvalue weighted by Crippen LogP contribution is -2.61. The molecule has 0 unspecified atom stereocenters. The first-order valence-electron chi connectivity index (χ1n) is 16.2. The van der Waals surface area contributed by atoms with Crippen molar-refractivity contribution in [1.29, 1.82) is 0 Å². The molecule has 1 aromatic heterocycles. The quantitative estimate of drug-likeness (QED) is 0.110. The van der Waals surface area contributed by atoms with Crippen LogP contribution in [0, 0.1) is 0 Å². The SMILES string of the molecule is C[C@@H]1O[C@H](Oc2cc(O)c3c(=O)c(O[C@@H]4O[C@H](CO[C@@H]5O[C@H](C)[C@@H](O)[C@@H](O)[C@H]5O)[C@H](O)[C@@H](O)[C@H]4O)c(-c4ccc(O)cc4)oc3c2)[C@@H](O)[C@@H](O)[C@H]1O. The van der Waals surface area contributed by atoms with Crippen molar-refractivity contribution in [2.45, 2.75) is 106 Å². The summed E-state index contributed by atoms with van der Waals surface area (Å²) in [7, 11) is 0. The fourth-order valence-electron chi connectivity index (χ4n) is 6.09. The van der Waals surface area contributed by atoms with Crippen LogP contribution < -0.4 is 14.9 Å². The number of benzene rings is 2. The van der Waals surface area contributed by atoms with E-state index in [0.29, 0.717) is 0 Å². The molecule has 0 aliphatic carbocycles. The summed E-state index contributed by atoms with van der Waals surface area (Å²) in [4.78, 5) is 14.0. The van der Waals surface area contributed by atoms with Gasteiger partial charge in [0.15, 0.2) is 12.1 Å². The van der Waals surface area contributed by atoms with Gasteiger partial charge in [-0.25, -0.2) is 0 Å². The van der Waals surface area contributed by atoms with E-state index < -0.39 is 121 Å². The second kappa shape index (κ2) is 15.0. The van der Waals surface area contributed by atoms with Gasteiger partial charge in [0.2, 0.25) is 23.8 Å². The van der Waals surface area contributed by atoms with Gasteiger partial charge in [-0.1, -0.05) is 0 Å². The summed E-state index contributed by atoms with van der Waals surface area (Å²) in [5, 5.41) is 114. The molecule has 4 heterocycles. The summed E-state index contributed by atoms with van der Waals surface area (Å²) < 4.78 is 39.5. The molecule has 0 radical (unpaired) electrons. The number of ether oxygens (including phenoxy) is 6. The van der Waals surface area contributed by atoms with Gasteiger partial charge in [0, 0.05) is 17.7 Å². The van der Waals surface area contributed by atoms with Crippen LogP contribution in [0.4, 0.5) is 0 Å². The Kier molecular flexibility index (Phi) is 11.0. The van der Waals surface area contributed by atoms with Gasteiger partial charge in [0.1, 0.15) is 89.3 Å². The van der Waals surface area contributed by atoms with Gasteiger partial charge in [-0.2, -0.15) is 0 Å². The van der Waals surface area contributed by atoms with E-state index in [-0.39, 0.29) is 28.4 Å². The molecule has 3 saturated heterocycles. The van der Waals surface area contributed by atoms with E-state index in [4.69, 9.17) is 32.8 Å². The van der Waals surface area contributed by atoms with Crippen LogP contribution in [0.2, 0.25) is 0 Å². The van der Waals surface area contributed by atoms with E-state index in [2.05, 4.69) is 0 Å². The first kappa shape index (κ1) is 38.1. The van der Waals surface area contributed by atoms with Gasteiger partial charge in [0.05, 0.1) is 18.8 Å². The summed E-state index contributed by atoms with van der Waals surface area (Å²) in [6, 6.07) is 7.38. The van der Waals surface area contributed by atoms with E-state index in [1.54, 1.807) is 0 Å². The molecule has 0 bridgehead atoms. The molecule has 11 N–H and O–H groups in total. The molecule has 3 fully saturated rings. The van der Waals surface area contributed by atoms with E-state index >= 15 is 0 Å². The number of phenols is 2. The van der Waals surface area contributed by atoms with Crippen LogP contribution in [0.3, 0.4) is 0 Å². The Balaban J connectivity index is 1.32. The first-order valence-corrected chi connectivity index (χ1v) is 16.2. The lowest BCUT2D eigenvalue weighted by Gasteiger charge is -2.42. The Morgan fingerprint density at radius 2 is 1.17 bits per heavy atom. The number of aliphatic hydroxyl groups excluding tert-OH is 9. The van der Waals surface area contributed by atoms with Crippen molar-refractivity contribution in [3.8, 4) is 34.3 Å². The topological polar surface area (TPSA) is 308 Å². The first-order chi connectivity index (χ1) is 24.6. The number of rotatable bonds is 8. The molecule has 3 aliphatic heterocycles. The van der Waals surface area contributed by atoms with Crippen LogP contribution in [0.5, 0.6) is 23.0 Å². The molecule has 286 valence electrons. The molecule has 0 amide bonds. The van der Waals surface area contributed by atoms with E-state index in [0.717, 1.165) is 6.07 Å². The molecule has 0 saturated carbocycles. The number of aliphatic hydroxyl groups is 9. The Morgan fingerprint density at radius 1 is 0.635 bits per heavy atom. The van der Waals surface area contributed by atoms with Crippen LogP contribution in [0.15, 0.2) is 45.6 Å². The van der Waals surface area contributed by atoms with E-state index in [9.17, 15) is 61.0 Å².